The van der Waals surface area contributed by atoms with Crippen molar-refractivity contribution in [2.24, 2.45) is 7.05 Å². The Kier molecular flexibility index (Phi) is 13.1. The molecule has 0 unspecified atom stereocenters. The van der Waals surface area contributed by atoms with Crippen molar-refractivity contribution >= 4 is 41.9 Å². The second-order valence-corrected chi connectivity index (χ2v) is 11.0. The standard InChI is InChI=1S/C27H29ClF2N6O4.C2H6O.CH2O/c1-33-20(18-8-9-21(40-5)23(30)22(18)29)15-31-24(33)25(37)32-16-6-7-17(19(28)14-16)26(38)34-10-12-35(13-11-34)27(39)36(2,3)4;1-3-2;1-2/h6-9,14-15H,10-13H2,1-5H3;1-2H3;1H2/p+1. The van der Waals surface area contributed by atoms with E-state index in [0.29, 0.717) is 31.9 Å². The Labute approximate surface area is 265 Å². The van der Waals surface area contributed by atoms with E-state index < -0.39 is 17.5 Å². The molecule has 0 aliphatic carbocycles. The SMILES string of the molecule is C=O.COC.COc1ccc(-c2cnc(C(=O)Nc3ccc(C(=O)N4CCN(C(=O)[N+](C)(C)C)CC4)c(Cl)c3)n2C)c(F)c1F. The van der Waals surface area contributed by atoms with Crippen LogP contribution in [-0.2, 0) is 16.6 Å². The molecule has 0 atom stereocenters. The lowest BCUT2D eigenvalue weighted by atomic mass is 10.1. The summed E-state index contributed by atoms with van der Waals surface area (Å²) in [6, 6.07) is 7.11. The summed E-state index contributed by atoms with van der Waals surface area (Å²) in [6.45, 7) is 3.59. The molecule has 0 spiro atoms. The summed E-state index contributed by atoms with van der Waals surface area (Å²) in [5.74, 6) is -3.45. The Bertz CT molecular complexity index is 1520. The zero-order valence-corrected chi connectivity index (χ0v) is 27.1. The number of piperazine rings is 1. The van der Waals surface area contributed by atoms with Gasteiger partial charge in [-0.3, -0.25) is 14.5 Å². The normalized spacial score (nSPS) is 12.8. The van der Waals surface area contributed by atoms with Gasteiger partial charge in [-0.25, -0.2) is 18.7 Å². The Morgan fingerprint density at radius 2 is 1.53 bits per heavy atom. The molecule has 3 aromatic rings. The van der Waals surface area contributed by atoms with Gasteiger partial charge in [-0.05, 0) is 30.3 Å². The number of benzene rings is 2. The third-order valence-corrected chi connectivity index (χ3v) is 6.92. The van der Waals surface area contributed by atoms with Gasteiger partial charge in [-0.1, -0.05) is 11.6 Å². The zero-order chi connectivity index (χ0) is 34.1. The first kappa shape index (κ1) is 36.8. The predicted octanol–water partition coefficient (Wildman–Crippen LogP) is 3.94. The van der Waals surface area contributed by atoms with Crippen LogP contribution in [0.1, 0.15) is 21.0 Å². The van der Waals surface area contributed by atoms with Crippen molar-refractivity contribution in [2.75, 3.05) is 74.0 Å². The van der Waals surface area contributed by atoms with Crippen LogP contribution in [0.5, 0.6) is 5.75 Å². The highest BCUT2D eigenvalue weighted by Crippen LogP contribution is 2.30. The monoisotopic (exact) mass is 651 g/mol. The number of ether oxygens (including phenoxy) is 2. The van der Waals surface area contributed by atoms with E-state index in [1.54, 1.807) is 45.2 Å². The van der Waals surface area contributed by atoms with Crippen molar-refractivity contribution in [3.05, 3.63) is 64.6 Å². The Balaban J connectivity index is 0.00000133. The minimum Gasteiger partial charge on any atom is -0.494 e. The van der Waals surface area contributed by atoms with Crippen molar-refractivity contribution in [3.63, 3.8) is 0 Å². The molecule has 244 valence electrons. The van der Waals surface area contributed by atoms with Crippen LogP contribution in [0, 0.1) is 11.6 Å². The van der Waals surface area contributed by atoms with E-state index in [4.69, 9.17) is 21.1 Å². The number of methoxy groups -OCH3 is 2. The Hall–Kier alpha value is -4.40. The smallest absolute Gasteiger partial charge is 0.418 e. The molecule has 1 N–H and O–H groups in total. The molecule has 4 rings (SSSR count). The minimum absolute atomic E-state index is 0.0219. The van der Waals surface area contributed by atoms with E-state index >= 15 is 0 Å². The molecule has 0 radical (unpaired) electrons. The van der Waals surface area contributed by atoms with Crippen LogP contribution in [0.4, 0.5) is 19.3 Å². The number of hydrogen-bond acceptors (Lipinski definition) is 7. The summed E-state index contributed by atoms with van der Waals surface area (Å²) in [7, 11) is 11.4. The molecule has 1 saturated heterocycles. The molecule has 1 aliphatic heterocycles. The maximum atomic E-state index is 14.6. The lowest BCUT2D eigenvalue weighted by Crippen LogP contribution is -2.57. The molecule has 2 heterocycles. The van der Waals surface area contributed by atoms with Crippen LogP contribution in [0.15, 0.2) is 36.5 Å². The number of imidazole rings is 1. The molecular weight excluding hydrogens is 614 g/mol. The first-order chi connectivity index (χ1) is 21.2. The van der Waals surface area contributed by atoms with Gasteiger partial charge in [0.25, 0.3) is 11.8 Å². The van der Waals surface area contributed by atoms with Crippen molar-refractivity contribution in [1.29, 1.82) is 0 Å². The summed E-state index contributed by atoms with van der Waals surface area (Å²) in [5, 5.41) is 2.80. The fourth-order valence-corrected chi connectivity index (χ4v) is 4.67. The molecule has 2 aromatic carbocycles. The largest absolute Gasteiger partial charge is 0.494 e. The maximum absolute atomic E-state index is 14.6. The zero-order valence-electron chi connectivity index (χ0n) is 26.3. The van der Waals surface area contributed by atoms with Crippen LogP contribution >= 0.6 is 11.6 Å². The fourth-order valence-electron chi connectivity index (χ4n) is 4.41. The lowest BCUT2D eigenvalue weighted by molar-refractivity contribution is -0.790. The summed E-state index contributed by atoms with van der Waals surface area (Å²) in [5.41, 5.74) is 0.686. The number of hydrogen-bond donors (Lipinski definition) is 1. The molecule has 45 heavy (non-hydrogen) atoms. The number of halogens is 3. The molecule has 0 bridgehead atoms. The topological polar surface area (TPSA) is 123 Å². The second-order valence-electron chi connectivity index (χ2n) is 10.6. The first-order valence-corrected chi connectivity index (χ1v) is 13.9. The number of nitrogens with one attached hydrogen (secondary N) is 1. The van der Waals surface area contributed by atoms with Gasteiger partial charge in [0, 0.05) is 58.7 Å². The van der Waals surface area contributed by atoms with E-state index in [-0.39, 0.29) is 49.8 Å². The van der Waals surface area contributed by atoms with Crippen LogP contribution in [-0.4, -0.2) is 117 Å². The van der Waals surface area contributed by atoms with Crippen molar-refractivity contribution < 1.29 is 41.9 Å². The third kappa shape index (κ3) is 8.62. The number of nitrogens with zero attached hydrogens (tertiary/aromatic N) is 5. The highest BCUT2D eigenvalue weighted by molar-refractivity contribution is 6.34. The van der Waals surface area contributed by atoms with E-state index in [1.165, 1.54) is 55.3 Å². The Morgan fingerprint density at radius 1 is 0.956 bits per heavy atom. The second kappa shape index (κ2) is 16.1. The summed E-state index contributed by atoms with van der Waals surface area (Å²) >= 11 is 6.41. The highest BCUT2D eigenvalue weighted by atomic mass is 35.5. The van der Waals surface area contributed by atoms with Crippen LogP contribution in [0.3, 0.4) is 0 Å². The number of carbonyl (C=O) groups is 4. The van der Waals surface area contributed by atoms with Gasteiger partial charge in [0.15, 0.2) is 17.4 Å². The van der Waals surface area contributed by atoms with Crippen molar-refractivity contribution in [2.45, 2.75) is 0 Å². The number of carbonyl (C=O) groups excluding carboxylic acids is 4. The van der Waals surface area contributed by atoms with Gasteiger partial charge in [0.2, 0.25) is 5.82 Å². The van der Waals surface area contributed by atoms with Crippen LogP contribution in [0.25, 0.3) is 11.3 Å². The summed E-state index contributed by atoms with van der Waals surface area (Å²) in [6.07, 6.45) is 1.27. The van der Waals surface area contributed by atoms with Gasteiger partial charge >= 0.3 is 6.03 Å². The van der Waals surface area contributed by atoms with Crippen molar-refractivity contribution in [1.82, 2.24) is 19.4 Å². The van der Waals surface area contributed by atoms with E-state index in [9.17, 15) is 23.2 Å². The number of rotatable bonds is 5. The summed E-state index contributed by atoms with van der Waals surface area (Å²) < 4.78 is 39.4. The van der Waals surface area contributed by atoms with E-state index in [0.717, 1.165) is 0 Å². The highest BCUT2D eigenvalue weighted by Gasteiger charge is 2.32. The van der Waals surface area contributed by atoms with Gasteiger partial charge in [0.05, 0.1) is 50.7 Å². The van der Waals surface area contributed by atoms with Gasteiger partial charge in [-0.2, -0.15) is 4.39 Å². The number of aromatic nitrogens is 2. The molecule has 1 fully saturated rings. The number of anilines is 1. The van der Waals surface area contributed by atoms with Crippen LogP contribution < -0.4 is 10.1 Å². The van der Waals surface area contributed by atoms with Crippen molar-refractivity contribution in [3.8, 4) is 17.0 Å². The Morgan fingerprint density at radius 3 is 2.07 bits per heavy atom. The van der Waals surface area contributed by atoms with Gasteiger partial charge in [-0.15, -0.1) is 0 Å². The fraction of sp³-hybridized carbons (Fsp3) is 0.367. The maximum Gasteiger partial charge on any atom is 0.418 e. The molecule has 1 aliphatic rings. The average molecular weight is 652 g/mol. The molecule has 4 amide bonds. The predicted molar refractivity (Wildman–Crippen MR) is 165 cm³/mol. The molecule has 1 aromatic heterocycles. The lowest BCUT2D eigenvalue weighted by Gasteiger charge is -2.36. The van der Waals surface area contributed by atoms with E-state index in [2.05, 4.69) is 15.0 Å². The number of amides is 4. The average Bonchev–Trinajstić information content (AvgIpc) is 3.39. The molecular formula is C30H38ClF2N6O6+. The van der Waals surface area contributed by atoms with Crippen LogP contribution in [0.2, 0.25) is 5.02 Å². The number of urea groups is 1. The minimum atomic E-state index is -1.14. The summed E-state index contributed by atoms with van der Waals surface area (Å²) in [4.78, 5) is 53.9. The molecule has 15 heteroatoms. The van der Waals surface area contributed by atoms with E-state index in [1.807, 2.05) is 6.79 Å². The molecule has 12 nitrogen and oxygen atoms in total. The van der Waals surface area contributed by atoms with Gasteiger partial charge < -0.3 is 29.1 Å². The first-order valence-electron chi connectivity index (χ1n) is 13.5. The molecule has 0 saturated carbocycles. The van der Waals surface area contributed by atoms with Gasteiger partial charge in [0.1, 0.15) is 6.79 Å². The third-order valence-electron chi connectivity index (χ3n) is 6.60. The number of quaternary nitrogens is 1. The quantitative estimate of drug-likeness (QED) is 0.415.